The Morgan fingerprint density at radius 2 is 2.00 bits per heavy atom. The second-order valence-electron chi connectivity index (χ2n) is 8.92. The van der Waals surface area contributed by atoms with Crippen molar-refractivity contribution in [3.8, 4) is 0 Å². The minimum Gasteiger partial charge on any atom is -0.365 e. The number of nitrogens with zero attached hydrogens (tertiary/aromatic N) is 6. The highest BCUT2D eigenvalue weighted by Gasteiger charge is 2.34. The highest BCUT2D eigenvalue weighted by molar-refractivity contribution is 5.97. The van der Waals surface area contributed by atoms with Crippen LogP contribution in [0.25, 0.3) is 15.6 Å². The normalized spacial score (nSPS) is 17.9. The quantitative estimate of drug-likeness (QED) is 0.447. The monoisotopic (exact) mass is 452 g/mol. The molecular weight excluding hydrogens is 424 g/mol. The fourth-order valence-corrected chi connectivity index (χ4v) is 5.30. The van der Waals surface area contributed by atoms with Gasteiger partial charge >= 0.3 is 0 Å². The molecular formula is C27H28N6O. The third-order valence-corrected chi connectivity index (χ3v) is 6.96. The third kappa shape index (κ3) is 3.86. The maximum absolute atomic E-state index is 12.3. The molecule has 2 aliphatic rings. The van der Waals surface area contributed by atoms with Gasteiger partial charge in [-0.15, -0.1) is 0 Å². The van der Waals surface area contributed by atoms with Gasteiger partial charge in [0.25, 0.3) is 0 Å². The van der Waals surface area contributed by atoms with E-state index in [2.05, 4.69) is 74.5 Å². The maximum atomic E-state index is 12.3. The second-order valence-corrected chi connectivity index (χ2v) is 8.92. The number of amides is 1. The van der Waals surface area contributed by atoms with E-state index < -0.39 is 0 Å². The average Bonchev–Trinajstić information content (AvgIpc) is 2.87. The largest absolute Gasteiger partial charge is 0.365 e. The average molecular weight is 453 g/mol. The van der Waals surface area contributed by atoms with Crippen molar-refractivity contribution in [2.75, 3.05) is 42.5 Å². The number of piperazine rings is 1. The topological polar surface area (TPSA) is 56.9 Å². The summed E-state index contributed by atoms with van der Waals surface area (Å²) in [5.41, 5.74) is 4.75. The zero-order chi connectivity index (χ0) is 23.7. The smallest absolute Gasteiger partial charge is 0.246 e. The molecule has 0 spiro atoms. The van der Waals surface area contributed by atoms with Crippen molar-refractivity contribution in [2.24, 2.45) is 0 Å². The molecule has 0 aliphatic carbocycles. The van der Waals surface area contributed by atoms with E-state index in [-0.39, 0.29) is 18.5 Å². The fourth-order valence-electron chi connectivity index (χ4n) is 5.30. The van der Waals surface area contributed by atoms with E-state index in [9.17, 15) is 4.79 Å². The molecule has 172 valence electrons. The number of hydrogen-bond acceptors (Lipinski definition) is 5. The van der Waals surface area contributed by atoms with E-state index in [0.29, 0.717) is 19.6 Å². The van der Waals surface area contributed by atoms with Crippen LogP contribution in [0.4, 0.5) is 11.5 Å². The molecule has 2 aliphatic heterocycles. The van der Waals surface area contributed by atoms with Gasteiger partial charge in [0.1, 0.15) is 18.2 Å². The zero-order valence-electron chi connectivity index (χ0n) is 19.4. The molecule has 3 heterocycles. The van der Waals surface area contributed by atoms with Crippen molar-refractivity contribution in [1.82, 2.24) is 14.9 Å². The zero-order valence-corrected chi connectivity index (χ0v) is 19.4. The van der Waals surface area contributed by atoms with Gasteiger partial charge in [-0.1, -0.05) is 36.9 Å². The minimum atomic E-state index is -0.166. The van der Waals surface area contributed by atoms with Gasteiger partial charge in [0.05, 0.1) is 12.2 Å². The van der Waals surface area contributed by atoms with Crippen LogP contribution in [0, 0.1) is 13.5 Å². The predicted molar refractivity (Wildman–Crippen MR) is 135 cm³/mol. The van der Waals surface area contributed by atoms with E-state index in [1.807, 2.05) is 0 Å². The van der Waals surface area contributed by atoms with Crippen LogP contribution in [0.15, 0.2) is 55.4 Å². The number of anilines is 2. The molecule has 1 fully saturated rings. The summed E-state index contributed by atoms with van der Waals surface area (Å²) in [6.07, 6.45) is 3.84. The van der Waals surface area contributed by atoms with E-state index in [0.717, 1.165) is 31.0 Å². The van der Waals surface area contributed by atoms with Crippen LogP contribution in [0.2, 0.25) is 0 Å². The van der Waals surface area contributed by atoms with Gasteiger partial charge < -0.3 is 19.5 Å². The first kappa shape index (κ1) is 21.9. The Hall–Kier alpha value is -3.92. The molecule has 7 nitrogen and oxygen atoms in total. The minimum absolute atomic E-state index is 0.112. The maximum Gasteiger partial charge on any atom is 0.246 e. The van der Waals surface area contributed by atoms with Crippen LogP contribution in [0.5, 0.6) is 0 Å². The first-order valence-corrected chi connectivity index (χ1v) is 11.7. The van der Waals surface area contributed by atoms with Crippen molar-refractivity contribution in [2.45, 2.75) is 25.9 Å². The number of rotatable bonds is 4. The van der Waals surface area contributed by atoms with Gasteiger partial charge in [-0.05, 0) is 36.4 Å². The first-order chi connectivity index (χ1) is 16.6. The fraction of sp³-hybridized carbons (Fsp3) is 0.333. The molecule has 3 aromatic rings. The van der Waals surface area contributed by atoms with Gasteiger partial charge in [0.2, 0.25) is 12.5 Å². The third-order valence-electron chi connectivity index (χ3n) is 6.96. The Labute approximate surface area is 200 Å². The molecule has 7 heteroatoms. The number of carbonyl (C=O) groups is 1. The summed E-state index contributed by atoms with van der Waals surface area (Å²) in [5.74, 6) is 0.832. The highest BCUT2D eigenvalue weighted by Crippen LogP contribution is 2.34. The van der Waals surface area contributed by atoms with Crippen LogP contribution in [-0.4, -0.2) is 59.5 Å². The molecule has 34 heavy (non-hydrogen) atoms. The van der Waals surface area contributed by atoms with Gasteiger partial charge in [0, 0.05) is 42.8 Å². The van der Waals surface area contributed by atoms with Crippen LogP contribution >= 0.6 is 0 Å². The molecule has 1 atom stereocenters. The predicted octanol–water partition coefficient (Wildman–Crippen LogP) is 3.62. The first-order valence-electron chi connectivity index (χ1n) is 11.7. The summed E-state index contributed by atoms with van der Waals surface area (Å²) < 4.78 is 0. The van der Waals surface area contributed by atoms with Crippen molar-refractivity contribution >= 4 is 28.2 Å². The van der Waals surface area contributed by atoms with Crippen LogP contribution < -0.4 is 9.80 Å². The summed E-state index contributed by atoms with van der Waals surface area (Å²) in [4.78, 5) is 31.6. The Morgan fingerprint density at radius 1 is 1.18 bits per heavy atom. The van der Waals surface area contributed by atoms with Gasteiger partial charge in [0.15, 0.2) is 0 Å². The van der Waals surface area contributed by atoms with Crippen molar-refractivity contribution in [1.29, 1.82) is 0 Å². The summed E-state index contributed by atoms with van der Waals surface area (Å²) in [5, 5.41) is 2.55. The molecule has 1 saturated heterocycles. The van der Waals surface area contributed by atoms with Gasteiger partial charge in [-0.25, -0.2) is 16.5 Å². The molecule has 0 radical (unpaired) electrons. The number of hydrogen-bond donors (Lipinski definition) is 0. The summed E-state index contributed by atoms with van der Waals surface area (Å²) in [6, 6.07) is 12.8. The Balaban J connectivity index is 1.42. The SMILES string of the molecule is [C-]#[N+]C[C@H]1CN(c2ncnc3c2CCN(c2cccc4cccc(C)c24)C3)CCN1C(=O)C=C. The number of fused-ring (bicyclic) bond motifs is 2. The molecule has 0 saturated carbocycles. The lowest BCUT2D eigenvalue weighted by Gasteiger charge is -2.41. The van der Waals surface area contributed by atoms with Gasteiger partial charge in [-0.2, -0.15) is 0 Å². The second kappa shape index (κ2) is 9.14. The standard InChI is InChI=1S/C27H28N6O/c1-4-25(34)33-14-13-32(16-21(33)15-28-3)27-22-11-12-31(17-23(22)29-18-30-27)24-10-6-9-20-8-5-7-19(2)26(20)24/h4-10,18,21H,1,11-17H2,2H3/t21-/m0/s1. The molecule has 1 amide bonds. The van der Waals surface area contributed by atoms with E-state index in [1.165, 1.54) is 33.7 Å². The molecule has 1 aromatic heterocycles. The van der Waals surface area contributed by atoms with Crippen molar-refractivity contribution in [3.63, 3.8) is 0 Å². The lowest BCUT2D eigenvalue weighted by molar-refractivity contribution is -0.128. The summed E-state index contributed by atoms with van der Waals surface area (Å²) in [6.45, 7) is 16.9. The lowest BCUT2D eigenvalue weighted by Crippen LogP contribution is -2.56. The number of carbonyl (C=O) groups excluding carboxylic acids is 1. The number of benzene rings is 2. The molecule has 2 aromatic carbocycles. The summed E-state index contributed by atoms with van der Waals surface area (Å²) >= 11 is 0. The van der Waals surface area contributed by atoms with Crippen LogP contribution in [0.1, 0.15) is 16.8 Å². The molecule has 5 rings (SSSR count). The summed E-state index contributed by atoms with van der Waals surface area (Å²) in [7, 11) is 0. The lowest BCUT2D eigenvalue weighted by atomic mass is 9.99. The van der Waals surface area contributed by atoms with Gasteiger partial charge in [-0.3, -0.25) is 4.79 Å². The van der Waals surface area contributed by atoms with Crippen molar-refractivity contribution in [3.05, 3.63) is 83.6 Å². The van der Waals surface area contributed by atoms with E-state index in [1.54, 1.807) is 11.2 Å². The number of aryl methyl sites for hydroxylation is 1. The van der Waals surface area contributed by atoms with Crippen molar-refractivity contribution < 1.29 is 4.79 Å². The Bertz CT molecular complexity index is 1290. The Morgan fingerprint density at radius 3 is 2.79 bits per heavy atom. The molecule has 0 bridgehead atoms. The van der Waals surface area contributed by atoms with E-state index in [4.69, 9.17) is 6.57 Å². The van der Waals surface area contributed by atoms with E-state index >= 15 is 0 Å². The highest BCUT2D eigenvalue weighted by atomic mass is 16.2. The van der Waals surface area contributed by atoms with Crippen LogP contribution in [-0.2, 0) is 17.8 Å². The number of aromatic nitrogens is 2. The molecule has 0 N–H and O–H groups in total. The van der Waals surface area contributed by atoms with Crippen LogP contribution in [0.3, 0.4) is 0 Å². The Kier molecular flexibility index (Phi) is 5.89. The molecule has 0 unspecified atom stereocenters.